The highest BCUT2D eigenvalue weighted by atomic mass is 32.2. The predicted octanol–water partition coefficient (Wildman–Crippen LogP) is 3.63. The number of nitrogens with zero attached hydrogens (tertiary/aromatic N) is 2. The van der Waals surface area contributed by atoms with E-state index in [2.05, 4.69) is 5.32 Å². The molecule has 0 saturated heterocycles. The summed E-state index contributed by atoms with van der Waals surface area (Å²) < 4.78 is 26.8. The third-order valence-corrected chi connectivity index (χ3v) is 6.14. The second kappa shape index (κ2) is 8.69. The highest BCUT2D eigenvalue weighted by Gasteiger charge is 2.21. The maximum atomic E-state index is 12.8. The Labute approximate surface area is 170 Å². The van der Waals surface area contributed by atoms with Crippen molar-refractivity contribution in [1.82, 2.24) is 4.31 Å². The highest BCUT2D eigenvalue weighted by Crippen LogP contribution is 2.20. The Hall–Kier alpha value is -3.47. The number of anilines is 1. The van der Waals surface area contributed by atoms with Crippen molar-refractivity contribution < 1.29 is 13.2 Å². The maximum Gasteiger partial charge on any atom is 0.255 e. The van der Waals surface area contributed by atoms with Crippen LogP contribution in [-0.4, -0.2) is 25.7 Å². The van der Waals surface area contributed by atoms with Crippen LogP contribution in [0, 0.1) is 11.3 Å². The van der Waals surface area contributed by atoms with E-state index in [4.69, 9.17) is 5.26 Å². The van der Waals surface area contributed by atoms with Crippen LogP contribution in [-0.2, 0) is 16.6 Å². The second-order valence-electron chi connectivity index (χ2n) is 6.42. The highest BCUT2D eigenvalue weighted by molar-refractivity contribution is 7.89. The van der Waals surface area contributed by atoms with Gasteiger partial charge in [-0.3, -0.25) is 4.79 Å². The average Bonchev–Trinajstić information content (AvgIpc) is 2.75. The molecule has 146 valence electrons. The minimum Gasteiger partial charge on any atom is -0.322 e. The third-order valence-electron chi connectivity index (χ3n) is 4.32. The molecule has 0 aromatic heterocycles. The number of amides is 1. The average molecular weight is 405 g/mol. The topological polar surface area (TPSA) is 90.3 Å². The van der Waals surface area contributed by atoms with Gasteiger partial charge in [-0.05, 0) is 48.0 Å². The Morgan fingerprint density at radius 1 is 1.00 bits per heavy atom. The summed E-state index contributed by atoms with van der Waals surface area (Å²) in [7, 11) is -2.13. The van der Waals surface area contributed by atoms with E-state index in [0.29, 0.717) is 16.8 Å². The Morgan fingerprint density at radius 2 is 1.69 bits per heavy atom. The molecule has 3 rings (SSSR count). The molecule has 29 heavy (non-hydrogen) atoms. The molecular weight excluding hydrogens is 386 g/mol. The van der Waals surface area contributed by atoms with Crippen LogP contribution in [0.1, 0.15) is 21.5 Å². The Kier molecular flexibility index (Phi) is 6.07. The van der Waals surface area contributed by atoms with Crippen molar-refractivity contribution in [3.8, 4) is 6.07 Å². The normalized spacial score (nSPS) is 11.1. The van der Waals surface area contributed by atoms with Crippen LogP contribution in [0.4, 0.5) is 5.69 Å². The zero-order valence-electron chi connectivity index (χ0n) is 15.7. The number of hydrogen-bond donors (Lipinski definition) is 1. The van der Waals surface area contributed by atoms with Gasteiger partial charge in [0, 0.05) is 24.8 Å². The van der Waals surface area contributed by atoms with Gasteiger partial charge in [0.2, 0.25) is 10.0 Å². The number of rotatable bonds is 6. The van der Waals surface area contributed by atoms with E-state index < -0.39 is 10.0 Å². The summed E-state index contributed by atoms with van der Waals surface area (Å²) in [5, 5.41) is 11.6. The summed E-state index contributed by atoms with van der Waals surface area (Å²) in [6.45, 7) is 0.261. The van der Waals surface area contributed by atoms with E-state index >= 15 is 0 Å². The van der Waals surface area contributed by atoms with Crippen molar-refractivity contribution >= 4 is 21.6 Å². The Balaban J connectivity index is 1.72. The molecule has 1 amide bonds. The van der Waals surface area contributed by atoms with Gasteiger partial charge < -0.3 is 5.32 Å². The minimum atomic E-state index is -3.66. The lowest BCUT2D eigenvalue weighted by atomic mass is 10.1. The van der Waals surface area contributed by atoms with Gasteiger partial charge in [0.15, 0.2) is 0 Å². The smallest absolute Gasteiger partial charge is 0.255 e. The van der Waals surface area contributed by atoms with Gasteiger partial charge in [0.1, 0.15) is 0 Å². The van der Waals surface area contributed by atoms with E-state index in [1.165, 1.54) is 41.7 Å². The van der Waals surface area contributed by atoms with Gasteiger partial charge in [-0.2, -0.15) is 9.57 Å². The third kappa shape index (κ3) is 4.88. The van der Waals surface area contributed by atoms with Crippen LogP contribution < -0.4 is 5.32 Å². The SMILES string of the molecule is CN(Cc1ccccc1)S(=O)(=O)c1ccc(NC(=O)c2cccc(C#N)c2)cc1. The standard InChI is InChI=1S/C22H19N3O3S/c1-25(16-17-6-3-2-4-7-17)29(27,28)21-12-10-20(11-13-21)24-22(26)19-9-5-8-18(14-19)15-23/h2-14H,16H2,1H3,(H,24,26). The first-order valence-corrected chi connectivity index (χ1v) is 10.3. The molecular formula is C22H19N3O3S. The molecule has 3 aromatic carbocycles. The number of hydrogen-bond acceptors (Lipinski definition) is 4. The first-order chi connectivity index (χ1) is 13.9. The van der Waals surface area contributed by atoms with Crippen molar-refractivity contribution in [3.05, 3.63) is 95.6 Å². The summed E-state index contributed by atoms with van der Waals surface area (Å²) in [4.78, 5) is 12.5. The fourth-order valence-corrected chi connectivity index (χ4v) is 3.91. The van der Waals surface area contributed by atoms with Gasteiger partial charge in [0.25, 0.3) is 5.91 Å². The van der Waals surface area contributed by atoms with Crippen molar-refractivity contribution in [2.24, 2.45) is 0 Å². The van der Waals surface area contributed by atoms with Crippen LogP contribution in [0.5, 0.6) is 0 Å². The molecule has 0 radical (unpaired) electrons. The fourth-order valence-electron chi connectivity index (χ4n) is 2.75. The molecule has 0 aliphatic carbocycles. The van der Waals surface area contributed by atoms with Gasteiger partial charge in [-0.1, -0.05) is 36.4 Å². The molecule has 0 bridgehead atoms. The monoisotopic (exact) mass is 405 g/mol. The Morgan fingerprint density at radius 3 is 2.34 bits per heavy atom. The van der Waals surface area contributed by atoms with Crippen LogP contribution >= 0.6 is 0 Å². The molecule has 0 heterocycles. The van der Waals surface area contributed by atoms with Crippen LogP contribution in [0.15, 0.2) is 83.8 Å². The van der Waals surface area contributed by atoms with Gasteiger partial charge in [-0.25, -0.2) is 8.42 Å². The second-order valence-corrected chi connectivity index (χ2v) is 8.46. The largest absolute Gasteiger partial charge is 0.322 e. The summed E-state index contributed by atoms with van der Waals surface area (Å²) in [6, 6.07) is 23.6. The van der Waals surface area contributed by atoms with E-state index in [9.17, 15) is 13.2 Å². The van der Waals surface area contributed by atoms with Crippen LogP contribution in [0.25, 0.3) is 0 Å². The summed E-state index contributed by atoms with van der Waals surface area (Å²) >= 11 is 0. The molecule has 0 spiro atoms. The summed E-state index contributed by atoms with van der Waals surface area (Å²) in [5.41, 5.74) is 2.09. The maximum absolute atomic E-state index is 12.8. The molecule has 0 aliphatic rings. The number of benzene rings is 3. The molecule has 3 aromatic rings. The molecule has 6 nitrogen and oxygen atoms in total. The molecule has 1 N–H and O–H groups in total. The quantitative estimate of drug-likeness (QED) is 0.678. The van der Waals surface area contributed by atoms with Gasteiger partial charge in [0.05, 0.1) is 16.5 Å². The number of nitrogens with one attached hydrogen (secondary N) is 1. The summed E-state index contributed by atoms with van der Waals surface area (Å²) in [6.07, 6.45) is 0. The zero-order valence-corrected chi connectivity index (χ0v) is 16.6. The molecule has 0 atom stereocenters. The number of sulfonamides is 1. The van der Waals surface area contributed by atoms with E-state index in [1.54, 1.807) is 18.2 Å². The predicted molar refractivity (Wildman–Crippen MR) is 111 cm³/mol. The fraction of sp³-hybridized carbons (Fsp3) is 0.0909. The number of carbonyl (C=O) groups excluding carboxylic acids is 1. The van der Waals surface area contributed by atoms with Crippen molar-refractivity contribution in [1.29, 1.82) is 5.26 Å². The number of carbonyl (C=O) groups is 1. The molecule has 0 saturated carbocycles. The summed E-state index contributed by atoms with van der Waals surface area (Å²) in [5.74, 6) is -0.376. The lowest BCUT2D eigenvalue weighted by Crippen LogP contribution is -2.26. The lowest BCUT2D eigenvalue weighted by molar-refractivity contribution is 0.102. The van der Waals surface area contributed by atoms with Crippen LogP contribution in [0.2, 0.25) is 0 Å². The minimum absolute atomic E-state index is 0.139. The Bertz CT molecular complexity index is 1150. The van der Waals surface area contributed by atoms with Gasteiger partial charge >= 0.3 is 0 Å². The molecule has 0 aliphatic heterocycles. The van der Waals surface area contributed by atoms with Crippen molar-refractivity contribution in [2.75, 3.05) is 12.4 Å². The van der Waals surface area contributed by atoms with E-state index in [-0.39, 0.29) is 17.3 Å². The molecule has 0 unspecified atom stereocenters. The van der Waals surface area contributed by atoms with Gasteiger partial charge in [-0.15, -0.1) is 0 Å². The van der Waals surface area contributed by atoms with E-state index in [1.807, 2.05) is 36.4 Å². The first kappa shape index (κ1) is 20.3. The zero-order chi connectivity index (χ0) is 20.9. The number of nitriles is 1. The van der Waals surface area contributed by atoms with Crippen molar-refractivity contribution in [2.45, 2.75) is 11.4 Å². The lowest BCUT2D eigenvalue weighted by Gasteiger charge is -2.17. The van der Waals surface area contributed by atoms with E-state index in [0.717, 1.165) is 5.56 Å². The molecule has 0 fully saturated rings. The first-order valence-electron chi connectivity index (χ1n) is 8.82. The van der Waals surface area contributed by atoms with Crippen LogP contribution in [0.3, 0.4) is 0 Å². The molecule has 7 heteroatoms. The van der Waals surface area contributed by atoms with Crippen molar-refractivity contribution in [3.63, 3.8) is 0 Å².